The lowest BCUT2D eigenvalue weighted by atomic mass is 9.89. The molecule has 4 fully saturated rings. The van der Waals surface area contributed by atoms with Crippen molar-refractivity contribution < 1.29 is 41.8 Å². The number of rotatable bonds is 11. The fourth-order valence-corrected chi connectivity index (χ4v) is 9.16. The topological polar surface area (TPSA) is 157 Å². The summed E-state index contributed by atoms with van der Waals surface area (Å²) in [5.41, 5.74) is -1.65. The SMILES string of the molecule is C[C@@H]1CC(OCCOC2CCC(N3C(=S)N(c4ccc(C#N)c(C(F)(F)F)c4)C(=O)C3(C)C)CC2)C[C@H](C)N1CC(=O)Nc1ccc(C2CCC(=O)NC2=O)nc1. The molecule has 3 aliphatic heterocycles. The number of carbonyl (C=O) groups is 4. The van der Waals surface area contributed by atoms with Gasteiger partial charge in [0.15, 0.2) is 5.11 Å². The standard InChI is InChI=1S/C40H48F3N7O6S/c1-23-17-30(18-24(2)48(23)22-35(52)46-26-6-13-33(45-21-26)31-12-14-34(51)47-36(31)53)56-16-15-55-29-10-8-27(9-11-29)50-38(57)49(37(54)39(50,3)4)28-7-5-25(20-44)32(19-28)40(41,42)43/h5-7,13,19,21,23-24,27,29-31H,8-12,14-18,22H2,1-4H3,(H,46,52)(H,47,51,53)/t23-,24+,27?,29?,30?,31?. The lowest BCUT2D eigenvalue weighted by Crippen LogP contribution is -2.51. The first-order valence-corrected chi connectivity index (χ1v) is 19.8. The van der Waals surface area contributed by atoms with E-state index >= 15 is 0 Å². The molecule has 57 heavy (non-hydrogen) atoms. The Morgan fingerprint density at radius 3 is 2.28 bits per heavy atom. The number of amides is 4. The van der Waals surface area contributed by atoms with E-state index in [4.69, 9.17) is 21.7 Å². The molecule has 1 aromatic heterocycles. The zero-order chi connectivity index (χ0) is 41.2. The maximum absolute atomic E-state index is 13.7. The van der Waals surface area contributed by atoms with E-state index in [0.717, 1.165) is 42.7 Å². The Balaban J connectivity index is 0.918. The molecule has 1 saturated carbocycles. The van der Waals surface area contributed by atoms with E-state index in [1.54, 1.807) is 32.0 Å². The highest BCUT2D eigenvalue weighted by molar-refractivity contribution is 7.80. The van der Waals surface area contributed by atoms with Gasteiger partial charge in [-0.05, 0) is 115 Å². The third kappa shape index (κ3) is 9.30. The zero-order valence-electron chi connectivity index (χ0n) is 32.4. The minimum absolute atomic E-state index is 0.00847. The summed E-state index contributed by atoms with van der Waals surface area (Å²) in [6.07, 6.45) is 1.75. The highest BCUT2D eigenvalue weighted by Gasteiger charge is 2.52. The molecule has 2 unspecified atom stereocenters. The summed E-state index contributed by atoms with van der Waals surface area (Å²) >= 11 is 5.72. The molecule has 4 amide bonds. The van der Waals surface area contributed by atoms with Crippen LogP contribution in [0.2, 0.25) is 0 Å². The second-order valence-corrected chi connectivity index (χ2v) is 16.2. The fourth-order valence-electron chi connectivity index (χ4n) is 8.59. The number of nitriles is 1. The zero-order valence-corrected chi connectivity index (χ0v) is 33.3. The Kier molecular flexibility index (Phi) is 12.7. The van der Waals surface area contributed by atoms with Crippen LogP contribution in [0.5, 0.6) is 0 Å². The molecule has 0 bridgehead atoms. The van der Waals surface area contributed by atoms with Gasteiger partial charge in [0.05, 0.1) is 78.3 Å². The minimum Gasteiger partial charge on any atom is -0.376 e. The van der Waals surface area contributed by atoms with Gasteiger partial charge in [0.1, 0.15) is 5.54 Å². The molecule has 1 aliphatic carbocycles. The van der Waals surface area contributed by atoms with E-state index in [0.29, 0.717) is 43.9 Å². The third-order valence-corrected chi connectivity index (χ3v) is 11.9. The van der Waals surface area contributed by atoms with Gasteiger partial charge >= 0.3 is 6.18 Å². The number of anilines is 2. The van der Waals surface area contributed by atoms with Crippen molar-refractivity contribution in [3.05, 3.63) is 53.3 Å². The molecule has 6 rings (SSSR count). The largest absolute Gasteiger partial charge is 0.417 e. The highest BCUT2D eigenvalue weighted by atomic mass is 32.1. The first-order valence-electron chi connectivity index (χ1n) is 19.4. The van der Waals surface area contributed by atoms with Crippen molar-refractivity contribution in [2.45, 2.75) is 127 Å². The van der Waals surface area contributed by atoms with E-state index in [1.165, 1.54) is 12.3 Å². The number of hydrogen-bond donors (Lipinski definition) is 2. The molecule has 2 N–H and O–H groups in total. The Morgan fingerprint density at radius 2 is 1.68 bits per heavy atom. The molecule has 3 saturated heterocycles. The second-order valence-electron chi connectivity index (χ2n) is 15.9. The van der Waals surface area contributed by atoms with E-state index in [-0.39, 0.29) is 71.8 Å². The van der Waals surface area contributed by atoms with Gasteiger partial charge in [0.2, 0.25) is 17.7 Å². The van der Waals surface area contributed by atoms with Crippen LogP contribution in [0.15, 0.2) is 36.5 Å². The van der Waals surface area contributed by atoms with Crippen molar-refractivity contribution in [1.82, 2.24) is 20.1 Å². The van der Waals surface area contributed by atoms with Crippen LogP contribution >= 0.6 is 12.2 Å². The average Bonchev–Trinajstić information content (AvgIpc) is 3.33. The predicted molar refractivity (Wildman–Crippen MR) is 207 cm³/mol. The number of nitrogens with one attached hydrogen (secondary N) is 2. The molecular weight excluding hydrogens is 764 g/mol. The molecule has 306 valence electrons. The normalized spacial score (nSPS) is 27.0. The van der Waals surface area contributed by atoms with E-state index in [1.807, 2.05) is 4.90 Å². The van der Waals surface area contributed by atoms with Gasteiger partial charge in [-0.25, -0.2) is 0 Å². The Labute approximate surface area is 335 Å². The maximum atomic E-state index is 13.7. The predicted octanol–water partition coefficient (Wildman–Crippen LogP) is 5.43. The second kappa shape index (κ2) is 17.2. The summed E-state index contributed by atoms with van der Waals surface area (Å²) in [5, 5.41) is 14.6. The van der Waals surface area contributed by atoms with Crippen molar-refractivity contribution in [1.29, 1.82) is 5.26 Å². The number of pyridine rings is 1. The number of aromatic nitrogens is 1. The Hall–Kier alpha value is -4.50. The quantitative estimate of drug-likeness (QED) is 0.170. The van der Waals surface area contributed by atoms with Gasteiger partial charge in [0, 0.05) is 24.5 Å². The van der Waals surface area contributed by atoms with Gasteiger partial charge < -0.3 is 19.7 Å². The van der Waals surface area contributed by atoms with Crippen molar-refractivity contribution in [3.63, 3.8) is 0 Å². The molecule has 4 atom stereocenters. The molecule has 4 heterocycles. The smallest absolute Gasteiger partial charge is 0.376 e. The fraction of sp³-hybridized carbons (Fsp3) is 0.575. The monoisotopic (exact) mass is 811 g/mol. The highest BCUT2D eigenvalue weighted by Crippen LogP contribution is 2.41. The molecule has 2 aromatic rings. The van der Waals surface area contributed by atoms with Gasteiger partial charge in [-0.1, -0.05) is 0 Å². The Bertz CT molecular complexity index is 1900. The summed E-state index contributed by atoms with van der Waals surface area (Å²) in [6.45, 7) is 8.64. The number of piperidine rings is 2. The molecule has 1 aromatic carbocycles. The minimum atomic E-state index is -4.77. The van der Waals surface area contributed by atoms with Crippen LogP contribution in [0, 0.1) is 11.3 Å². The van der Waals surface area contributed by atoms with Gasteiger partial charge in [-0.2, -0.15) is 18.4 Å². The van der Waals surface area contributed by atoms with E-state index < -0.39 is 34.7 Å². The molecule has 4 aliphatic rings. The van der Waals surface area contributed by atoms with Gasteiger partial charge in [-0.3, -0.25) is 39.3 Å². The number of thiocarbonyl (C=S) groups is 1. The van der Waals surface area contributed by atoms with Crippen molar-refractivity contribution in [2.75, 3.05) is 30.0 Å². The third-order valence-electron chi connectivity index (χ3n) is 11.5. The number of nitrogens with zero attached hydrogens (tertiary/aromatic N) is 5. The Morgan fingerprint density at radius 1 is 1.02 bits per heavy atom. The van der Waals surface area contributed by atoms with Crippen LogP contribution in [-0.2, 0) is 34.8 Å². The number of ether oxygens (including phenoxy) is 2. The maximum Gasteiger partial charge on any atom is 0.417 e. The summed E-state index contributed by atoms with van der Waals surface area (Å²) in [7, 11) is 0. The summed E-state index contributed by atoms with van der Waals surface area (Å²) in [4.78, 5) is 59.7. The molecule has 13 nitrogen and oxygen atoms in total. The number of imide groups is 1. The number of likely N-dealkylation sites (tertiary alicyclic amines) is 1. The molecular formula is C40H48F3N7O6S. The van der Waals surface area contributed by atoms with E-state index in [9.17, 15) is 37.6 Å². The van der Waals surface area contributed by atoms with Crippen LogP contribution in [0.1, 0.15) is 102 Å². The number of halogens is 3. The first-order chi connectivity index (χ1) is 27.0. The van der Waals surface area contributed by atoms with Crippen LogP contribution in [0.25, 0.3) is 0 Å². The van der Waals surface area contributed by atoms with Gasteiger partial charge in [-0.15, -0.1) is 0 Å². The summed E-state index contributed by atoms with van der Waals surface area (Å²) in [6, 6.07) is 8.28. The molecule has 0 radical (unpaired) electrons. The van der Waals surface area contributed by atoms with Crippen molar-refractivity contribution >= 4 is 52.3 Å². The summed E-state index contributed by atoms with van der Waals surface area (Å²) in [5.74, 6) is -1.73. The molecule has 17 heteroatoms. The lowest BCUT2D eigenvalue weighted by molar-refractivity contribution is -0.138. The van der Waals surface area contributed by atoms with E-state index in [2.05, 4.69) is 34.4 Å². The number of carbonyl (C=O) groups excluding carboxylic acids is 4. The van der Waals surface area contributed by atoms with Crippen molar-refractivity contribution in [3.8, 4) is 6.07 Å². The number of alkyl halides is 3. The summed E-state index contributed by atoms with van der Waals surface area (Å²) < 4.78 is 53.6. The molecule has 0 spiro atoms. The van der Waals surface area contributed by atoms with Crippen molar-refractivity contribution in [2.24, 2.45) is 0 Å². The first kappa shape index (κ1) is 42.1. The van der Waals surface area contributed by atoms with Gasteiger partial charge in [0.25, 0.3) is 5.91 Å². The van der Waals surface area contributed by atoms with Crippen LogP contribution < -0.4 is 15.5 Å². The van der Waals surface area contributed by atoms with Crippen LogP contribution in [0.4, 0.5) is 24.5 Å². The lowest BCUT2D eigenvalue weighted by Gasteiger charge is -2.42. The average molecular weight is 812 g/mol. The van der Waals surface area contributed by atoms with Crippen LogP contribution in [-0.4, -0.2) is 99.2 Å². The number of benzene rings is 1. The number of hydrogen-bond acceptors (Lipinski definition) is 10. The van der Waals surface area contributed by atoms with Crippen LogP contribution in [0.3, 0.4) is 0 Å².